The largest absolute Gasteiger partial charge is 0.313 e. The highest BCUT2D eigenvalue weighted by molar-refractivity contribution is 9.10. The van der Waals surface area contributed by atoms with Gasteiger partial charge >= 0.3 is 0 Å². The lowest BCUT2D eigenvalue weighted by atomic mass is 10.2. The van der Waals surface area contributed by atoms with Crippen molar-refractivity contribution in [1.82, 2.24) is 10.0 Å². The maximum absolute atomic E-state index is 12.4. The molecule has 1 saturated carbocycles. The Bertz CT molecular complexity index is 583. The normalized spacial score (nSPS) is 17.1. The Morgan fingerprint density at radius 2 is 2.05 bits per heavy atom. The molecule has 2 rings (SSSR count). The molecular weight excluding hydrogens is 340 g/mol. The van der Waals surface area contributed by atoms with Crippen molar-refractivity contribution in [3.8, 4) is 0 Å². The molecule has 20 heavy (non-hydrogen) atoms. The van der Waals surface area contributed by atoms with Crippen LogP contribution in [0.4, 0.5) is 0 Å². The molecule has 1 aliphatic carbocycles. The molecule has 0 spiro atoms. The molecular formula is C14H21BrN2O2S. The van der Waals surface area contributed by atoms with E-state index in [-0.39, 0.29) is 5.54 Å². The minimum Gasteiger partial charge on any atom is -0.313 e. The van der Waals surface area contributed by atoms with Crippen LogP contribution in [0.25, 0.3) is 0 Å². The van der Waals surface area contributed by atoms with Crippen molar-refractivity contribution < 1.29 is 8.42 Å². The van der Waals surface area contributed by atoms with Crippen LogP contribution >= 0.6 is 15.9 Å². The second kappa shape index (κ2) is 6.13. The van der Waals surface area contributed by atoms with E-state index < -0.39 is 10.0 Å². The third-order valence-corrected chi connectivity index (χ3v) is 6.05. The van der Waals surface area contributed by atoms with Crippen LogP contribution < -0.4 is 10.0 Å². The summed E-state index contributed by atoms with van der Waals surface area (Å²) in [5.74, 6) is 0. The highest BCUT2D eigenvalue weighted by atomic mass is 79.9. The first-order valence-corrected chi connectivity index (χ1v) is 9.17. The average molecular weight is 361 g/mol. The second-order valence-electron chi connectivity index (χ2n) is 5.61. The zero-order chi connectivity index (χ0) is 14.8. The van der Waals surface area contributed by atoms with Gasteiger partial charge in [0.2, 0.25) is 10.0 Å². The van der Waals surface area contributed by atoms with Crippen molar-refractivity contribution in [1.29, 1.82) is 0 Å². The highest BCUT2D eigenvalue weighted by Crippen LogP contribution is 2.36. The third-order valence-electron chi connectivity index (χ3n) is 3.42. The number of rotatable bonds is 7. The summed E-state index contributed by atoms with van der Waals surface area (Å²) in [7, 11) is -3.46. The summed E-state index contributed by atoms with van der Waals surface area (Å²) in [5.41, 5.74) is 0.720. The summed E-state index contributed by atoms with van der Waals surface area (Å²) >= 11 is 3.34. The minimum absolute atomic E-state index is 0.255. The van der Waals surface area contributed by atoms with E-state index in [2.05, 4.69) is 32.9 Å². The van der Waals surface area contributed by atoms with E-state index >= 15 is 0 Å². The van der Waals surface area contributed by atoms with E-state index in [0.29, 0.717) is 15.9 Å². The van der Waals surface area contributed by atoms with Gasteiger partial charge in [0.1, 0.15) is 0 Å². The molecule has 1 fully saturated rings. The first-order chi connectivity index (χ1) is 9.36. The van der Waals surface area contributed by atoms with Crippen LogP contribution in [0.1, 0.15) is 38.7 Å². The maximum atomic E-state index is 12.4. The van der Waals surface area contributed by atoms with Crippen LogP contribution in [0.3, 0.4) is 0 Å². The molecule has 1 aromatic rings. The van der Waals surface area contributed by atoms with Crippen molar-refractivity contribution in [2.45, 2.75) is 50.1 Å². The van der Waals surface area contributed by atoms with Gasteiger partial charge in [-0.15, -0.1) is 0 Å². The predicted molar refractivity (Wildman–Crippen MR) is 84.1 cm³/mol. The Kier molecular flexibility index (Phi) is 4.89. The molecule has 0 amide bonds. The van der Waals surface area contributed by atoms with E-state index in [1.165, 1.54) is 0 Å². The molecule has 1 aliphatic rings. The van der Waals surface area contributed by atoms with Gasteiger partial charge < -0.3 is 5.32 Å². The molecule has 0 unspecified atom stereocenters. The monoisotopic (exact) mass is 360 g/mol. The van der Waals surface area contributed by atoms with Gasteiger partial charge in [-0.25, -0.2) is 13.1 Å². The Labute approximate surface area is 129 Å². The number of nitrogens with one attached hydrogen (secondary N) is 2. The van der Waals surface area contributed by atoms with Crippen molar-refractivity contribution in [3.63, 3.8) is 0 Å². The topological polar surface area (TPSA) is 58.2 Å². The molecule has 0 atom stereocenters. The molecule has 112 valence electrons. The summed E-state index contributed by atoms with van der Waals surface area (Å²) < 4.78 is 28.2. The second-order valence-corrected chi connectivity index (χ2v) is 8.11. The number of hydrogen-bond donors (Lipinski definition) is 2. The van der Waals surface area contributed by atoms with Gasteiger partial charge in [-0.1, -0.05) is 13.0 Å². The van der Waals surface area contributed by atoms with Crippen LogP contribution in [0.5, 0.6) is 0 Å². The van der Waals surface area contributed by atoms with Gasteiger partial charge in [-0.2, -0.15) is 0 Å². The van der Waals surface area contributed by atoms with Crippen LogP contribution in [0.2, 0.25) is 0 Å². The molecule has 1 aromatic carbocycles. The van der Waals surface area contributed by atoms with Crippen LogP contribution in [0.15, 0.2) is 27.6 Å². The van der Waals surface area contributed by atoms with Gasteiger partial charge in [0.15, 0.2) is 0 Å². The predicted octanol–water partition coefficient (Wildman–Crippen LogP) is 2.78. The lowest BCUT2D eigenvalue weighted by Crippen LogP contribution is -2.34. The van der Waals surface area contributed by atoms with Crippen LogP contribution in [-0.4, -0.2) is 20.5 Å². The fourth-order valence-electron chi connectivity index (χ4n) is 1.94. The summed E-state index contributed by atoms with van der Waals surface area (Å²) in [6, 6.07) is 5.47. The average Bonchev–Trinajstić information content (AvgIpc) is 3.08. The van der Waals surface area contributed by atoms with Gasteiger partial charge in [0.25, 0.3) is 0 Å². The van der Waals surface area contributed by atoms with Gasteiger partial charge in [-0.05, 0) is 66.4 Å². The molecule has 0 aliphatic heterocycles. The standard InChI is InChI=1S/C14H21BrN2O2S/c1-3-8-16-10-11-4-5-12(15)13(9-11)20(18,19)17-14(2)6-7-14/h4-5,9,16-17H,3,6-8,10H2,1-2H3. The number of hydrogen-bond acceptors (Lipinski definition) is 3. The van der Waals surface area contributed by atoms with E-state index in [4.69, 9.17) is 0 Å². The van der Waals surface area contributed by atoms with E-state index in [0.717, 1.165) is 31.4 Å². The molecule has 0 heterocycles. The zero-order valence-corrected chi connectivity index (χ0v) is 14.3. The van der Waals surface area contributed by atoms with Crippen molar-refractivity contribution in [2.24, 2.45) is 0 Å². The quantitative estimate of drug-likeness (QED) is 0.735. The van der Waals surface area contributed by atoms with E-state index in [9.17, 15) is 8.42 Å². The summed E-state index contributed by atoms with van der Waals surface area (Å²) in [4.78, 5) is 0.321. The lowest BCUT2D eigenvalue weighted by Gasteiger charge is -2.14. The summed E-state index contributed by atoms with van der Waals surface area (Å²) in [6.45, 7) is 5.64. The number of benzene rings is 1. The molecule has 0 bridgehead atoms. The smallest absolute Gasteiger partial charge is 0.242 e. The Morgan fingerprint density at radius 3 is 2.65 bits per heavy atom. The SMILES string of the molecule is CCCNCc1ccc(Br)c(S(=O)(=O)NC2(C)CC2)c1. The summed E-state index contributed by atoms with van der Waals surface area (Å²) in [6.07, 6.45) is 2.87. The van der Waals surface area contributed by atoms with Gasteiger partial charge in [0.05, 0.1) is 4.90 Å². The minimum atomic E-state index is -3.46. The lowest BCUT2D eigenvalue weighted by molar-refractivity contribution is 0.557. The molecule has 0 aromatic heterocycles. The highest BCUT2D eigenvalue weighted by Gasteiger charge is 2.41. The van der Waals surface area contributed by atoms with E-state index in [1.54, 1.807) is 12.1 Å². The first kappa shape index (κ1) is 15.9. The molecule has 0 radical (unpaired) electrons. The molecule has 4 nitrogen and oxygen atoms in total. The third kappa shape index (κ3) is 4.04. The van der Waals surface area contributed by atoms with Crippen molar-refractivity contribution >= 4 is 26.0 Å². The molecule has 0 saturated heterocycles. The summed E-state index contributed by atoms with van der Waals surface area (Å²) in [5, 5.41) is 3.28. The first-order valence-electron chi connectivity index (χ1n) is 6.89. The van der Waals surface area contributed by atoms with Crippen LogP contribution in [-0.2, 0) is 16.6 Å². The fourth-order valence-corrected chi connectivity index (χ4v) is 4.42. The van der Waals surface area contributed by atoms with Gasteiger partial charge in [0, 0.05) is 16.6 Å². The van der Waals surface area contributed by atoms with Crippen molar-refractivity contribution in [2.75, 3.05) is 6.54 Å². The Balaban J connectivity index is 2.19. The number of sulfonamides is 1. The fraction of sp³-hybridized carbons (Fsp3) is 0.571. The Morgan fingerprint density at radius 1 is 1.35 bits per heavy atom. The van der Waals surface area contributed by atoms with E-state index in [1.807, 2.05) is 13.0 Å². The number of halogens is 1. The van der Waals surface area contributed by atoms with Crippen molar-refractivity contribution in [3.05, 3.63) is 28.2 Å². The maximum Gasteiger partial charge on any atom is 0.242 e. The Hall–Kier alpha value is -0.430. The van der Waals surface area contributed by atoms with Crippen LogP contribution in [0, 0.1) is 0 Å². The molecule has 6 heteroatoms. The zero-order valence-electron chi connectivity index (χ0n) is 11.9. The molecule has 2 N–H and O–H groups in total. The van der Waals surface area contributed by atoms with Gasteiger partial charge in [-0.3, -0.25) is 0 Å².